The maximum absolute atomic E-state index is 13.4. The lowest BCUT2D eigenvalue weighted by Crippen LogP contribution is -1.88. The number of aromatic nitrogens is 1. The predicted molar refractivity (Wildman–Crippen MR) is 64.3 cm³/mol. The third-order valence-electron chi connectivity index (χ3n) is 1.91. The molecule has 1 heterocycles. The molecule has 0 bridgehead atoms. The van der Waals surface area contributed by atoms with Crippen molar-refractivity contribution in [3.05, 3.63) is 64.1 Å². The van der Waals surface area contributed by atoms with Crippen molar-refractivity contribution in [1.82, 2.24) is 4.98 Å². The zero-order valence-electron chi connectivity index (χ0n) is 8.24. The van der Waals surface area contributed by atoms with Crippen molar-refractivity contribution in [2.45, 2.75) is 0 Å². The molecule has 2 aromatic rings. The summed E-state index contributed by atoms with van der Waals surface area (Å²) in [6, 6.07) is 10.8. The first kappa shape index (κ1) is 10.8. The van der Waals surface area contributed by atoms with Crippen molar-refractivity contribution < 1.29 is 4.39 Å². The molecule has 2 rings (SSSR count). The van der Waals surface area contributed by atoms with Gasteiger partial charge >= 0.3 is 0 Å². The number of hydrogen-bond donors (Lipinski definition) is 0. The molecule has 0 unspecified atom stereocenters. The molecule has 0 fully saturated rings. The fourth-order valence-corrected chi connectivity index (χ4v) is 1.46. The number of pyridine rings is 1. The molecule has 0 saturated heterocycles. The van der Waals surface area contributed by atoms with E-state index < -0.39 is 5.82 Å². The van der Waals surface area contributed by atoms with Crippen molar-refractivity contribution in [3.8, 4) is 11.8 Å². The second-order valence-electron chi connectivity index (χ2n) is 3.10. The number of halogens is 2. The van der Waals surface area contributed by atoms with E-state index in [9.17, 15) is 4.39 Å². The molecule has 0 aliphatic carbocycles. The third-order valence-corrected chi connectivity index (χ3v) is 2.34. The summed E-state index contributed by atoms with van der Waals surface area (Å²) in [6.07, 6.45) is 1.53. The Labute approximate surface area is 101 Å². The molecule has 0 saturated carbocycles. The van der Waals surface area contributed by atoms with Gasteiger partial charge in [-0.05, 0) is 40.0 Å². The van der Waals surface area contributed by atoms with Crippen LogP contribution in [-0.2, 0) is 0 Å². The van der Waals surface area contributed by atoms with Crippen LogP contribution in [-0.4, -0.2) is 4.98 Å². The second-order valence-corrected chi connectivity index (χ2v) is 4.02. The summed E-state index contributed by atoms with van der Waals surface area (Å²) in [4.78, 5) is 3.90. The van der Waals surface area contributed by atoms with E-state index >= 15 is 0 Å². The van der Waals surface area contributed by atoms with Gasteiger partial charge in [0.25, 0.3) is 0 Å². The molecule has 0 aliphatic rings. The monoisotopic (exact) mass is 275 g/mol. The van der Waals surface area contributed by atoms with E-state index in [-0.39, 0.29) is 5.69 Å². The van der Waals surface area contributed by atoms with E-state index in [1.54, 1.807) is 0 Å². The van der Waals surface area contributed by atoms with E-state index in [1.807, 2.05) is 30.3 Å². The summed E-state index contributed by atoms with van der Waals surface area (Å²) in [7, 11) is 0. The van der Waals surface area contributed by atoms with Crippen molar-refractivity contribution in [1.29, 1.82) is 0 Å². The molecule has 0 aliphatic heterocycles. The third kappa shape index (κ3) is 2.68. The SMILES string of the molecule is Fc1cc(Br)cnc1C#Cc1ccccc1. The van der Waals surface area contributed by atoms with E-state index in [1.165, 1.54) is 12.3 Å². The molecular weight excluding hydrogens is 269 g/mol. The van der Waals surface area contributed by atoms with Crippen LogP contribution in [0.4, 0.5) is 4.39 Å². The van der Waals surface area contributed by atoms with Gasteiger partial charge in [0.2, 0.25) is 0 Å². The highest BCUT2D eigenvalue weighted by atomic mass is 79.9. The molecule has 1 aromatic heterocycles. The summed E-state index contributed by atoms with van der Waals surface area (Å²) in [5.41, 5.74) is 0.999. The zero-order chi connectivity index (χ0) is 11.4. The van der Waals surface area contributed by atoms with Gasteiger partial charge < -0.3 is 0 Å². The van der Waals surface area contributed by atoms with E-state index in [0.29, 0.717) is 4.47 Å². The van der Waals surface area contributed by atoms with Crippen molar-refractivity contribution in [2.24, 2.45) is 0 Å². The van der Waals surface area contributed by atoms with Gasteiger partial charge in [0.15, 0.2) is 5.82 Å². The Morgan fingerprint density at radius 2 is 1.88 bits per heavy atom. The minimum Gasteiger partial charge on any atom is -0.243 e. The average molecular weight is 276 g/mol. The van der Waals surface area contributed by atoms with Crippen molar-refractivity contribution in [2.75, 3.05) is 0 Å². The molecule has 0 spiro atoms. The predicted octanol–water partition coefficient (Wildman–Crippen LogP) is 3.38. The summed E-state index contributed by atoms with van der Waals surface area (Å²) in [5, 5.41) is 0. The van der Waals surface area contributed by atoms with Crippen LogP contribution in [0.1, 0.15) is 11.3 Å². The van der Waals surface area contributed by atoms with Crippen LogP contribution >= 0.6 is 15.9 Å². The van der Waals surface area contributed by atoms with Crippen LogP contribution in [0.25, 0.3) is 0 Å². The topological polar surface area (TPSA) is 12.9 Å². The Bertz CT molecular complexity index is 555. The van der Waals surface area contributed by atoms with Crippen molar-refractivity contribution >= 4 is 15.9 Å². The fraction of sp³-hybridized carbons (Fsp3) is 0. The fourth-order valence-electron chi connectivity index (χ4n) is 1.16. The lowest BCUT2D eigenvalue weighted by atomic mass is 10.2. The maximum atomic E-state index is 13.4. The van der Waals surface area contributed by atoms with Gasteiger partial charge in [-0.2, -0.15) is 0 Å². The minimum absolute atomic E-state index is 0.159. The first-order valence-corrected chi connectivity index (χ1v) is 5.43. The largest absolute Gasteiger partial charge is 0.243 e. The molecule has 1 nitrogen and oxygen atoms in total. The van der Waals surface area contributed by atoms with Crippen LogP contribution < -0.4 is 0 Å². The quantitative estimate of drug-likeness (QED) is 0.672. The standard InChI is InChI=1S/C13H7BrFN/c14-11-8-12(15)13(16-9-11)7-6-10-4-2-1-3-5-10/h1-5,8-9H. The molecule has 0 N–H and O–H groups in total. The van der Waals surface area contributed by atoms with Gasteiger partial charge in [0.1, 0.15) is 5.69 Å². The number of hydrogen-bond acceptors (Lipinski definition) is 1. The highest BCUT2D eigenvalue weighted by molar-refractivity contribution is 9.10. The van der Waals surface area contributed by atoms with Gasteiger partial charge in [-0.25, -0.2) is 9.37 Å². The summed E-state index contributed by atoms with van der Waals surface area (Å²) < 4.78 is 14.0. The van der Waals surface area contributed by atoms with E-state index in [2.05, 4.69) is 32.8 Å². The molecule has 0 radical (unpaired) electrons. The Kier molecular flexibility index (Phi) is 3.33. The Morgan fingerprint density at radius 1 is 1.12 bits per heavy atom. The lowest BCUT2D eigenvalue weighted by molar-refractivity contribution is 0.616. The maximum Gasteiger partial charge on any atom is 0.158 e. The van der Waals surface area contributed by atoms with Crippen LogP contribution in [0, 0.1) is 17.7 Å². The molecule has 1 aromatic carbocycles. The normalized spacial score (nSPS) is 9.38. The van der Waals surface area contributed by atoms with Gasteiger partial charge in [-0.3, -0.25) is 0 Å². The summed E-state index contributed by atoms with van der Waals surface area (Å²) in [6.45, 7) is 0. The Morgan fingerprint density at radius 3 is 2.56 bits per heavy atom. The summed E-state index contributed by atoms with van der Waals surface area (Å²) in [5.74, 6) is 5.13. The van der Waals surface area contributed by atoms with Crippen LogP contribution in [0.3, 0.4) is 0 Å². The molecule has 3 heteroatoms. The average Bonchev–Trinajstić information content (AvgIpc) is 2.29. The molecule has 0 amide bonds. The molecule has 0 atom stereocenters. The van der Waals surface area contributed by atoms with E-state index in [0.717, 1.165) is 5.56 Å². The molecule has 16 heavy (non-hydrogen) atoms. The lowest BCUT2D eigenvalue weighted by Gasteiger charge is -1.93. The molecule has 78 valence electrons. The van der Waals surface area contributed by atoms with Crippen LogP contribution in [0.15, 0.2) is 47.1 Å². The van der Waals surface area contributed by atoms with Gasteiger partial charge in [0.05, 0.1) is 0 Å². The number of rotatable bonds is 0. The first-order chi connectivity index (χ1) is 7.75. The van der Waals surface area contributed by atoms with Crippen molar-refractivity contribution in [3.63, 3.8) is 0 Å². The highest BCUT2D eigenvalue weighted by Gasteiger charge is 2.00. The van der Waals surface area contributed by atoms with Gasteiger partial charge in [-0.15, -0.1) is 0 Å². The van der Waals surface area contributed by atoms with Crippen LogP contribution in [0.5, 0.6) is 0 Å². The summed E-state index contributed by atoms with van der Waals surface area (Å²) >= 11 is 3.14. The number of nitrogens with zero attached hydrogens (tertiary/aromatic N) is 1. The molecular formula is C13H7BrFN. The minimum atomic E-state index is -0.419. The first-order valence-electron chi connectivity index (χ1n) is 4.64. The van der Waals surface area contributed by atoms with E-state index in [4.69, 9.17) is 0 Å². The zero-order valence-corrected chi connectivity index (χ0v) is 9.83. The number of benzene rings is 1. The second kappa shape index (κ2) is 4.91. The van der Waals surface area contributed by atoms with Gasteiger partial charge in [0, 0.05) is 16.2 Å². The smallest absolute Gasteiger partial charge is 0.158 e. The van der Waals surface area contributed by atoms with Gasteiger partial charge in [-0.1, -0.05) is 24.1 Å². The Balaban J connectivity index is 2.31. The highest BCUT2D eigenvalue weighted by Crippen LogP contribution is 2.11. The van der Waals surface area contributed by atoms with Crippen LogP contribution in [0.2, 0.25) is 0 Å². The Hall–Kier alpha value is -1.66.